The maximum atomic E-state index is 11.7. The Hall–Kier alpha value is -2.27. The van der Waals surface area contributed by atoms with Crippen molar-refractivity contribution in [2.24, 2.45) is 0 Å². The third kappa shape index (κ3) is 2.40. The van der Waals surface area contributed by atoms with Gasteiger partial charge in [0.2, 0.25) is 0 Å². The first-order chi connectivity index (χ1) is 9.78. The van der Waals surface area contributed by atoms with Crippen LogP contribution in [-0.2, 0) is 4.74 Å². The van der Waals surface area contributed by atoms with Gasteiger partial charge in [-0.15, -0.1) is 11.3 Å². The van der Waals surface area contributed by atoms with Gasteiger partial charge in [-0.2, -0.15) is 0 Å². The van der Waals surface area contributed by atoms with Gasteiger partial charge in [-0.3, -0.25) is 0 Å². The van der Waals surface area contributed by atoms with Gasteiger partial charge < -0.3 is 4.74 Å². The molecule has 3 rings (SSSR count). The van der Waals surface area contributed by atoms with Crippen molar-refractivity contribution < 1.29 is 9.53 Å². The van der Waals surface area contributed by atoms with E-state index in [4.69, 9.17) is 4.74 Å². The minimum atomic E-state index is -0.309. The maximum Gasteiger partial charge on any atom is 0.348 e. The van der Waals surface area contributed by atoms with Crippen LogP contribution in [0.4, 0.5) is 0 Å². The molecule has 0 unspecified atom stereocenters. The molecule has 0 amide bonds. The van der Waals surface area contributed by atoms with Crippen LogP contribution in [0.3, 0.4) is 0 Å². The third-order valence-corrected chi connectivity index (χ3v) is 3.81. The maximum absolute atomic E-state index is 11.7. The summed E-state index contributed by atoms with van der Waals surface area (Å²) in [7, 11) is 0. The van der Waals surface area contributed by atoms with E-state index < -0.39 is 0 Å². The Bertz CT molecular complexity index is 753. The summed E-state index contributed by atoms with van der Waals surface area (Å²) in [4.78, 5) is 21.9. The molecule has 20 heavy (non-hydrogen) atoms. The van der Waals surface area contributed by atoms with Crippen LogP contribution in [0.2, 0.25) is 0 Å². The quantitative estimate of drug-likeness (QED) is 0.690. The minimum absolute atomic E-state index is 0.309. The average Bonchev–Trinajstić information content (AvgIpc) is 2.91. The zero-order valence-electron chi connectivity index (χ0n) is 10.9. The van der Waals surface area contributed by atoms with Gasteiger partial charge in [0, 0.05) is 17.1 Å². The van der Waals surface area contributed by atoms with Crippen LogP contribution in [0.15, 0.2) is 42.6 Å². The van der Waals surface area contributed by atoms with E-state index in [1.54, 1.807) is 19.2 Å². The summed E-state index contributed by atoms with van der Waals surface area (Å²) < 4.78 is 5.00. The summed E-state index contributed by atoms with van der Waals surface area (Å²) in [6, 6.07) is 11.5. The topological polar surface area (TPSA) is 52.1 Å². The largest absolute Gasteiger partial charge is 0.462 e. The molecule has 5 heteroatoms. The van der Waals surface area contributed by atoms with Crippen LogP contribution < -0.4 is 0 Å². The Kier molecular flexibility index (Phi) is 3.43. The van der Waals surface area contributed by atoms with Gasteiger partial charge in [-0.25, -0.2) is 14.8 Å². The number of carbonyl (C=O) groups is 1. The number of thiophene rings is 1. The fraction of sp³-hybridized carbons (Fsp3) is 0.133. The lowest BCUT2D eigenvalue weighted by molar-refractivity contribution is 0.0532. The van der Waals surface area contributed by atoms with Crippen molar-refractivity contribution in [3.63, 3.8) is 0 Å². The number of benzene rings is 1. The second-order valence-electron chi connectivity index (χ2n) is 4.15. The molecule has 0 spiro atoms. The van der Waals surface area contributed by atoms with Crippen LogP contribution in [0.1, 0.15) is 16.6 Å². The molecule has 2 aromatic heterocycles. The zero-order chi connectivity index (χ0) is 13.9. The number of hydrogen-bond donors (Lipinski definition) is 0. The monoisotopic (exact) mass is 284 g/mol. The molecule has 1 aromatic carbocycles. The summed E-state index contributed by atoms with van der Waals surface area (Å²) in [5, 5.41) is 0.859. The van der Waals surface area contributed by atoms with Gasteiger partial charge in [-0.1, -0.05) is 30.3 Å². The highest BCUT2D eigenvalue weighted by atomic mass is 32.1. The van der Waals surface area contributed by atoms with Crippen LogP contribution in [0.25, 0.3) is 21.6 Å². The van der Waals surface area contributed by atoms with Crippen molar-refractivity contribution in [3.05, 3.63) is 47.5 Å². The summed E-state index contributed by atoms with van der Waals surface area (Å²) in [5.74, 6) is 0.354. The molecule has 0 aliphatic carbocycles. The number of aromatic nitrogens is 2. The van der Waals surface area contributed by atoms with E-state index in [9.17, 15) is 4.79 Å². The first-order valence-electron chi connectivity index (χ1n) is 6.27. The van der Waals surface area contributed by atoms with E-state index in [-0.39, 0.29) is 5.97 Å². The molecule has 0 bridgehead atoms. The Balaban J connectivity index is 2.02. The lowest BCUT2D eigenvalue weighted by Crippen LogP contribution is -2.01. The molecule has 100 valence electrons. The molecule has 0 saturated carbocycles. The number of hydrogen-bond acceptors (Lipinski definition) is 5. The first kappa shape index (κ1) is 12.7. The SMILES string of the molecule is CCOC(=O)c1cc2cnc(-c3ccccc3)nc2s1. The first-order valence-corrected chi connectivity index (χ1v) is 7.08. The van der Waals surface area contributed by atoms with Gasteiger partial charge >= 0.3 is 5.97 Å². The average molecular weight is 284 g/mol. The van der Waals surface area contributed by atoms with Gasteiger partial charge in [0.05, 0.1) is 6.61 Å². The van der Waals surface area contributed by atoms with E-state index in [1.165, 1.54) is 11.3 Å². The number of ether oxygens (including phenoxy) is 1. The Morgan fingerprint density at radius 1 is 1.30 bits per heavy atom. The highest BCUT2D eigenvalue weighted by molar-refractivity contribution is 7.20. The fourth-order valence-electron chi connectivity index (χ4n) is 1.86. The number of rotatable bonds is 3. The molecule has 4 nitrogen and oxygen atoms in total. The molecule has 2 heterocycles. The smallest absolute Gasteiger partial charge is 0.348 e. The Labute approximate surface area is 120 Å². The van der Waals surface area contributed by atoms with Crippen molar-refractivity contribution >= 4 is 27.5 Å². The zero-order valence-corrected chi connectivity index (χ0v) is 11.7. The van der Waals surface area contributed by atoms with Crippen molar-refractivity contribution in [2.45, 2.75) is 6.92 Å². The number of carbonyl (C=O) groups excluding carboxylic acids is 1. The Morgan fingerprint density at radius 2 is 2.10 bits per heavy atom. The molecule has 0 aliphatic rings. The van der Waals surface area contributed by atoms with Crippen LogP contribution in [-0.4, -0.2) is 22.5 Å². The van der Waals surface area contributed by atoms with Gasteiger partial charge in [-0.05, 0) is 13.0 Å². The van der Waals surface area contributed by atoms with Gasteiger partial charge in [0.15, 0.2) is 5.82 Å². The van der Waals surface area contributed by atoms with Gasteiger partial charge in [0.1, 0.15) is 9.71 Å². The number of nitrogens with zero attached hydrogens (tertiary/aromatic N) is 2. The molecular formula is C15H12N2O2S. The van der Waals surface area contributed by atoms with Crippen LogP contribution in [0, 0.1) is 0 Å². The second kappa shape index (κ2) is 5.38. The predicted molar refractivity (Wildman–Crippen MR) is 78.8 cm³/mol. The second-order valence-corrected chi connectivity index (χ2v) is 5.18. The van der Waals surface area contributed by atoms with Crippen molar-refractivity contribution in [2.75, 3.05) is 6.61 Å². The standard InChI is InChI=1S/C15H12N2O2S/c1-2-19-15(18)12-8-11-9-16-13(17-14(11)20-12)10-6-4-3-5-7-10/h3-9H,2H2,1H3. The lowest BCUT2D eigenvalue weighted by atomic mass is 10.2. The summed E-state index contributed by atoms with van der Waals surface area (Å²) in [6.45, 7) is 2.16. The number of esters is 1. The molecular weight excluding hydrogens is 272 g/mol. The molecule has 3 aromatic rings. The Morgan fingerprint density at radius 3 is 2.85 bits per heavy atom. The minimum Gasteiger partial charge on any atom is -0.462 e. The lowest BCUT2D eigenvalue weighted by Gasteiger charge is -1.98. The third-order valence-electron chi connectivity index (χ3n) is 2.78. The molecule has 0 aliphatic heterocycles. The number of fused-ring (bicyclic) bond motifs is 1. The van der Waals surface area contributed by atoms with Crippen LogP contribution in [0.5, 0.6) is 0 Å². The van der Waals surface area contributed by atoms with Crippen molar-refractivity contribution in [1.82, 2.24) is 9.97 Å². The van der Waals surface area contributed by atoms with E-state index >= 15 is 0 Å². The van der Waals surface area contributed by atoms with Crippen molar-refractivity contribution in [3.8, 4) is 11.4 Å². The molecule has 0 saturated heterocycles. The summed E-state index contributed by atoms with van der Waals surface area (Å²) in [5.41, 5.74) is 0.959. The van der Waals surface area contributed by atoms with E-state index in [0.717, 1.165) is 15.8 Å². The normalized spacial score (nSPS) is 10.7. The van der Waals surface area contributed by atoms with E-state index in [2.05, 4.69) is 9.97 Å². The highest BCUT2D eigenvalue weighted by Gasteiger charge is 2.13. The van der Waals surface area contributed by atoms with E-state index in [0.29, 0.717) is 17.3 Å². The van der Waals surface area contributed by atoms with Crippen LogP contribution >= 0.6 is 11.3 Å². The molecule has 0 atom stereocenters. The molecule has 0 fully saturated rings. The molecule has 0 N–H and O–H groups in total. The predicted octanol–water partition coefficient (Wildman–Crippen LogP) is 3.54. The summed E-state index contributed by atoms with van der Waals surface area (Å²) >= 11 is 1.33. The summed E-state index contributed by atoms with van der Waals surface area (Å²) in [6.07, 6.45) is 1.74. The fourth-order valence-corrected chi connectivity index (χ4v) is 2.76. The van der Waals surface area contributed by atoms with Gasteiger partial charge in [0.25, 0.3) is 0 Å². The highest BCUT2D eigenvalue weighted by Crippen LogP contribution is 2.26. The van der Waals surface area contributed by atoms with E-state index in [1.807, 2.05) is 30.3 Å². The van der Waals surface area contributed by atoms with Crippen molar-refractivity contribution in [1.29, 1.82) is 0 Å². The molecule has 0 radical (unpaired) electrons.